The summed E-state index contributed by atoms with van der Waals surface area (Å²) in [5.41, 5.74) is -0.640. The Kier molecular flexibility index (Phi) is 5.43. The predicted octanol–water partition coefficient (Wildman–Crippen LogP) is 2.43. The van der Waals surface area contributed by atoms with Crippen LogP contribution in [0.15, 0.2) is 0 Å². The minimum Gasteiger partial charge on any atom is -0.466 e. The third kappa shape index (κ3) is 5.69. The molecular weight excluding hydrogens is 218 g/mol. The lowest BCUT2D eigenvalue weighted by molar-refractivity contribution is -0.146. The highest BCUT2D eigenvalue weighted by Crippen LogP contribution is 2.20. The van der Waals surface area contributed by atoms with Crippen LogP contribution in [0.1, 0.15) is 46.0 Å². The Morgan fingerprint density at radius 2 is 2.29 bits per heavy atom. The van der Waals surface area contributed by atoms with Crippen molar-refractivity contribution in [3.8, 4) is 6.07 Å². The van der Waals surface area contributed by atoms with Gasteiger partial charge in [0.05, 0.1) is 30.6 Å². The third-order valence-electron chi connectivity index (χ3n) is 2.87. The summed E-state index contributed by atoms with van der Waals surface area (Å²) in [6.07, 6.45) is 4.53. The Hall–Kier alpha value is -1.08. The fourth-order valence-electron chi connectivity index (χ4n) is 1.79. The molecule has 1 aliphatic rings. The van der Waals surface area contributed by atoms with Gasteiger partial charge in [-0.1, -0.05) is 0 Å². The molecule has 0 aromatic carbocycles. The van der Waals surface area contributed by atoms with Gasteiger partial charge in [-0.25, -0.2) is 0 Å². The van der Waals surface area contributed by atoms with Crippen LogP contribution in [0, 0.1) is 16.7 Å². The summed E-state index contributed by atoms with van der Waals surface area (Å²) in [7, 11) is 0. The fraction of sp³-hybridized carbons (Fsp3) is 0.846. The number of hydrogen-bond acceptors (Lipinski definition) is 4. The van der Waals surface area contributed by atoms with E-state index in [9.17, 15) is 4.79 Å². The Morgan fingerprint density at radius 1 is 1.53 bits per heavy atom. The second-order valence-corrected chi connectivity index (χ2v) is 5.17. The summed E-state index contributed by atoms with van der Waals surface area (Å²) in [4.78, 5) is 11.4. The van der Waals surface area contributed by atoms with E-state index in [0.29, 0.717) is 6.61 Å². The lowest BCUT2D eigenvalue weighted by atomic mass is 9.92. The summed E-state index contributed by atoms with van der Waals surface area (Å²) >= 11 is 0. The van der Waals surface area contributed by atoms with E-state index in [2.05, 4.69) is 6.07 Å². The second-order valence-electron chi connectivity index (χ2n) is 5.17. The lowest BCUT2D eigenvalue weighted by Gasteiger charge is -2.22. The quantitative estimate of drug-likeness (QED) is 0.691. The van der Waals surface area contributed by atoms with Crippen LogP contribution in [0.3, 0.4) is 0 Å². The highest BCUT2D eigenvalue weighted by molar-refractivity contribution is 5.70. The predicted molar refractivity (Wildman–Crippen MR) is 63.2 cm³/mol. The molecule has 0 unspecified atom stereocenters. The number of nitriles is 1. The van der Waals surface area contributed by atoms with Crippen LogP contribution in [-0.2, 0) is 14.3 Å². The number of ether oxygens (including phenoxy) is 2. The molecule has 0 N–H and O–H groups in total. The maximum atomic E-state index is 11.4. The molecule has 0 aromatic heterocycles. The first-order valence-corrected chi connectivity index (χ1v) is 6.22. The van der Waals surface area contributed by atoms with Crippen LogP contribution < -0.4 is 0 Å². The topological polar surface area (TPSA) is 59.3 Å². The highest BCUT2D eigenvalue weighted by atomic mass is 16.5. The Labute approximate surface area is 103 Å². The van der Waals surface area contributed by atoms with Gasteiger partial charge < -0.3 is 9.47 Å². The van der Waals surface area contributed by atoms with Crippen molar-refractivity contribution in [2.24, 2.45) is 5.41 Å². The Balaban J connectivity index is 2.14. The molecule has 17 heavy (non-hydrogen) atoms. The molecule has 1 saturated heterocycles. The molecule has 96 valence electrons. The maximum Gasteiger partial charge on any atom is 0.307 e. The van der Waals surface area contributed by atoms with Crippen molar-refractivity contribution >= 4 is 5.97 Å². The standard InChI is InChI=1S/C13H21NO3/c1-13(2,10-14)9-12(15)17-8-6-11-5-3-4-7-16-11/h11H,3-9H2,1-2H3/t11-/m0/s1. The molecule has 0 radical (unpaired) electrons. The number of carbonyl (C=O) groups is 1. The summed E-state index contributed by atoms with van der Waals surface area (Å²) < 4.78 is 10.7. The van der Waals surface area contributed by atoms with E-state index in [1.54, 1.807) is 13.8 Å². The van der Waals surface area contributed by atoms with Crippen molar-refractivity contribution in [3.05, 3.63) is 0 Å². The van der Waals surface area contributed by atoms with Crippen LogP contribution in [0.2, 0.25) is 0 Å². The molecule has 0 aromatic rings. The SMILES string of the molecule is CC(C)(C#N)CC(=O)OCC[C@@H]1CCCCO1. The van der Waals surface area contributed by atoms with Gasteiger partial charge in [0, 0.05) is 13.0 Å². The number of hydrogen-bond donors (Lipinski definition) is 0. The van der Waals surface area contributed by atoms with Gasteiger partial charge in [0.15, 0.2) is 0 Å². The molecule has 0 saturated carbocycles. The van der Waals surface area contributed by atoms with Gasteiger partial charge in [0.25, 0.3) is 0 Å². The van der Waals surface area contributed by atoms with E-state index < -0.39 is 5.41 Å². The van der Waals surface area contributed by atoms with Gasteiger partial charge in [0.1, 0.15) is 0 Å². The van der Waals surface area contributed by atoms with E-state index in [0.717, 1.165) is 25.9 Å². The van der Waals surface area contributed by atoms with Crippen molar-refractivity contribution in [3.63, 3.8) is 0 Å². The van der Waals surface area contributed by atoms with Crippen molar-refractivity contribution in [2.45, 2.75) is 52.1 Å². The van der Waals surface area contributed by atoms with Gasteiger partial charge in [-0.2, -0.15) is 5.26 Å². The molecule has 4 nitrogen and oxygen atoms in total. The summed E-state index contributed by atoms with van der Waals surface area (Å²) in [6.45, 7) is 4.68. The molecule has 0 bridgehead atoms. The highest BCUT2D eigenvalue weighted by Gasteiger charge is 2.22. The molecule has 1 aliphatic heterocycles. The zero-order valence-corrected chi connectivity index (χ0v) is 10.7. The average Bonchev–Trinajstić information content (AvgIpc) is 2.30. The molecule has 1 fully saturated rings. The van der Waals surface area contributed by atoms with Gasteiger partial charge in [-0.15, -0.1) is 0 Å². The van der Waals surface area contributed by atoms with Crippen molar-refractivity contribution in [1.29, 1.82) is 5.26 Å². The molecule has 4 heteroatoms. The number of rotatable bonds is 5. The molecular formula is C13H21NO3. The number of esters is 1. The minimum atomic E-state index is -0.640. The first kappa shape index (κ1) is 14.0. The molecule has 0 aliphatic carbocycles. The van der Waals surface area contributed by atoms with Crippen molar-refractivity contribution in [1.82, 2.24) is 0 Å². The van der Waals surface area contributed by atoms with Gasteiger partial charge >= 0.3 is 5.97 Å². The van der Waals surface area contributed by atoms with Crippen molar-refractivity contribution < 1.29 is 14.3 Å². The summed E-state index contributed by atoms with van der Waals surface area (Å²) in [6, 6.07) is 2.09. The minimum absolute atomic E-state index is 0.148. The zero-order chi connectivity index (χ0) is 12.7. The smallest absolute Gasteiger partial charge is 0.307 e. The summed E-state index contributed by atoms with van der Waals surface area (Å²) in [5.74, 6) is -0.299. The van der Waals surface area contributed by atoms with Crippen molar-refractivity contribution in [2.75, 3.05) is 13.2 Å². The molecule has 1 rings (SSSR count). The van der Waals surface area contributed by atoms with Gasteiger partial charge in [-0.05, 0) is 33.1 Å². The largest absolute Gasteiger partial charge is 0.466 e. The first-order valence-electron chi connectivity index (χ1n) is 6.22. The van der Waals surface area contributed by atoms with E-state index in [-0.39, 0.29) is 18.5 Å². The third-order valence-corrected chi connectivity index (χ3v) is 2.87. The van der Waals surface area contributed by atoms with Gasteiger partial charge in [-0.3, -0.25) is 4.79 Å². The molecule has 0 amide bonds. The Morgan fingerprint density at radius 3 is 2.88 bits per heavy atom. The van der Waals surface area contributed by atoms with E-state index in [1.165, 1.54) is 6.42 Å². The maximum absolute atomic E-state index is 11.4. The number of carbonyl (C=O) groups excluding carboxylic acids is 1. The summed E-state index contributed by atoms with van der Waals surface area (Å²) in [5, 5.41) is 8.79. The fourth-order valence-corrected chi connectivity index (χ4v) is 1.79. The van der Waals surface area contributed by atoms with Gasteiger partial charge in [0.2, 0.25) is 0 Å². The first-order chi connectivity index (χ1) is 8.03. The van der Waals surface area contributed by atoms with Crippen LogP contribution >= 0.6 is 0 Å². The van der Waals surface area contributed by atoms with E-state index >= 15 is 0 Å². The van der Waals surface area contributed by atoms with Crippen LogP contribution in [0.5, 0.6) is 0 Å². The lowest BCUT2D eigenvalue weighted by Crippen LogP contribution is -2.23. The molecule has 1 heterocycles. The van der Waals surface area contributed by atoms with E-state index in [1.807, 2.05) is 0 Å². The average molecular weight is 239 g/mol. The number of nitrogens with zero attached hydrogens (tertiary/aromatic N) is 1. The van der Waals surface area contributed by atoms with E-state index in [4.69, 9.17) is 14.7 Å². The van der Waals surface area contributed by atoms with Crippen LogP contribution in [0.25, 0.3) is 0 Å². The Bertz CT molecular complexity index is 288. The van der Waals surface area contributed by atoms with Crippen LogP contribution in [0.4, 0.5) is 0 Å². The van der Waals surface area contributed by atoms with Crippen LogP contribution in [-0.4, -0.2) is 25.3 Å². The monoisotopic (exact) mass is 239 g/mol. The molecule has 1 atom stereocenters. The zero-order valence-electron chi connectivity index (χ0n) is 10.7. The molecule has 0 spiro atoms. The second kappa shape index (κ2) is 6.61. The normalized spacial score (nSPS) is 20.6.